The van der Waals surface area contributed by atoms with Crippen molar-refractivity contribution in [2.45, 2.75) is 6.92 Å². The lowest BCUT2D eigenvalue weighted by Crippen LogP contribution is -2.15. The van der Waals surface area contributed by atoms with Gasteiger partial charge in [-0.2, -0.15) is 0 Å². The second kappa shape index (κ2) is 3.65. The van der Waals surface area contributed by atoms with Crippen LogP contribution in [0.1, 0.15) is 12.6 Å². The molecule has 0 unspecified atom stereocenters. The highest BCUT2D eigenvalue weighted by Gasteiger charge is 2.13. The van der Waals surface area contributed by atoms with Crippen LogP contribution in [0.3, 0.4) is 0 Å². The Morgan fingerprint density at radius 3 is 2.86 bits per heavy atom. The van der Waals surface area contributed by atoms with Crippen LogP contribution in [0.25, 0.3) is 5.83 Å². The van der Waals surface area contributed by atoms with Crippen molar-refractivity contribution in [2.24, 2.45) is 0 Å². The Hall–Kier alpha value is -1.58. The first kappa shape index (κ1) is 8.99. The molecular formula is C10H10FNO2. The predicted octanol–water partition coefficient (Wildman–Crippen LogP) is 2.18. The molecule has 0 spiro atoms. The molecule has 1 aromatic heterocycles. The molecule has 4 heteroatoms. The molecule has 0 aliphatic carbocycles. The zero-order valence-corrected chi connectivity index (χ0v) is 7.79. The highest BCUT2D eigenvalue weighted by Crippen LogP contribution is 2.31. The van der Waals surface area contributed by atoms with E-state index in [-0.39, 0.29) is 11.5 Å². The molecule has 1 aromatic rings. The van der Waals surface area contributed by atoms with Crippen molar-refractivity contribution in [2.75, 3.05) is 13.2 Å². The second-order valence-electron chi connectivity index (χ2n) is 2.85. The Balaban J connectivity index is 2.38. The summed E-state index contributed by atoms with van der Waals surface area (Å²) in [6, 6.07) is 1.55. The van der Waals surface area contributed by atoms with Gasteiger partial charge >= 0.3 is 0 Å². The summed E-state index contributed by atoms with van der Waals surface area (Å²) < 4.78 is 23.7. The summed E-state index contributed by atoms with van der Waals surface area (Å²) in [5.41, 5.74) is 0.275. The average Bonchev–Trinajstić information content (AvgIpc) is 2.27. The van der Waals surface area contributed by atoms with Gasteiger partial charge in [0.05, 0.1) is 6.20 Å². The highest BCUT2D eigenvalue weighted by molar-refractivity contribution is 5.58. The molecule has 1 aliphatic rings. The summed E-state index contributed by atoms with van der Waals surface area (Å²) in [4.78, 5) is 3.91. The van der Waals surface area contributed by atoms with E-state index in [1.807, 2.05) is 0 Å². The van der Waals surface area contributed by atoms with Gasteiger partial charge in [0.25, 0.3) is 0 Å². The lowest BCUT2D eigenvalue weighted by Gasteiger charge is -2.17. The Morgan fingerprint density at radius 2 is 2.14 bits per heavy atom. The van der Waals surface area contributed by atoms with Crippen LogP contribution in [-0.2, 0) is 0 Å². The number of halogens is 1. The molecule has 0 atom stereocenters. The Morgan fingerprint density at radius 1 is 1.43 bits per heavy atom. The van der Waals surface area contributed by atoms with E-state index in [0.29, 0.717) is 24.7 Å². The molecule has 3 nitrogen and oxygen atoms in total. The fraction of sp³-hybridized carbons (Fsp3) is 0.300. The summed E-state index contributed by atoms with van der Waals surface area (Å²) in [5, 5.41) is 0. The van der Waals surface area contributed by atoms with E-state index in [1.54, 1.807) is 13.0 Å². The fourth-order valence-corrected chi connectivity index (χ4v) is 1.23. The maximum absolute atomic E-state index is 13.1. The van der Waals surface area contributed by atoms with E-state index in [0.717, 1.165) is 0 Å². The van der Waals surface area contributed by atoms with Gasteiger partial charge in [-0.05, 0) is 13.0 Å². The summed E-state index contributed by atoms with van der Waals surface area (Å²) in [6.07, 6.45) is 2.84. The van der Waals surface area contributed by atoms with Gasteiger partial charge in [-0.25, -0.2) is 9.37 Å². The van der Waals surface area contributed by atoms with E-state index < -0.39 is 0 Å². The van der Waals surface area contributed by atoms with Gasteiger partial charge in [0, 0.05) is 6.07 Å². The van der Waals surface area contributed by atoms with Crippen molar-refractivity contribution in [3.63, 3.8) is 0 Å². The van der Waals surface area contributed by atoms with Gasteiger partial charge in [-0.1, -0.05) is 0 Å². The molecule has 0 saturated heterocycles. The molecular weight excluding hydrogens is 185 g/mol. The van der Waals surface area contributed by atoms with Crippen LogP contribution >= 0.6 is 0 Å². The van der Waals surface area contributed by atoms with E-state index >= 15 is 0 Å². The third-order valence-corrected chi connectivity index (χ3v) is 1.93. The third-order valence-electron chi connectivity index (χ3n) is 1.93. The lowest BCUT2D eigenvalue weighted by atomic mass is 10.3. The van der Waals surface area contributed by atoms with E-state index in [2.05, 4.69) is 4.98 Å². The molecule has 2 rings (SSSR count). The predicted molar refractivity (Wildman–Crippen MR) is 50.0 cm³/mol. The van der Waals surface area contributed by atoms with Crippen molar-refractivity contribution in [1.82, 2.24) is 4.98 Å². The molecule has 2 heterocycles. The number of rotatable bonds is 1. The SMILES string of the molecule is C/C=C(\F)c1cc2c(cn1)OCCO2. The first-order valence-electron chi connectivity index (χ1n) is 4.39. The van der Waals surface area contributed by atoms with Crippen LogP contribution in [0.15, 0.2) is 18.3 Å². The number of hydrogen-bond acceptors (Lipinski definition) is 3. The second-order valence-corrected chi connectivity index (χ2v) is 2.85. The van der Waals surface area contributed by atoms with Gasteiger partial charge in [-0.3, -0.25) is 0 Å². The minimum Gasteiger partial charge on any atom is -0.486 e. The zero-order valence-electron chi connectivity index (χ0n) is 7.79. The quantitative estimate of drug-likeness (QED) is 0.688. The summed E-state index contributed by atoms with van der Waals surface area (Å²) in [6.45, 7) is 2.63. The van der Waals surface area contributed by atoms with E-state index in [4.69, 9.17) is 9.47 Å². The molecule has 0 fully saturated rings. The lowest BCUT2D eigenvalue weighted by molar-refractivity contribution is 0.170. The Labute approximate surface area is 81.2 Å². The van der Waals surface area contributed by atoms with Gasteiger partial charge in [-0.15, -0.1) is 0 Å². The van der Waals surface area contributed by atoms with Gasteiger partial charge in [0.2, 0.25) is 0 Å². The van der Waals surface area contributed by atoms with Crippen molar-refractivity contribution >= 4 is 5.83 Å². The number of nitrogens with zero attached hydrogens (tertiary/aromatic N) is 1. The average molecular weight is 195 g/mol. The van der Waals surface area contributed by atoms with E-state index in [1.165, 1.54) is 12.3 Å². The minimum absolute atomic E-state index is 0.275. The van der Waals surface area contributed by atoms with Crippen LogP contribution in [0.5, 0.6) is 11.5 Å². The molecule has 0 bridgehead atoms. The molecule has 0 aromatic carbocycles. The number of fused-ring (bicyclic) bond motifs is 1. The van der Waals surface area contributed by atoms with Gasteiger partial charge in [0.1, 0.15) is 24.7 Å². The van der Waals surface area contributed by atoms with Crippen molar-refractivity contribution in [3.05, 3.63) is 24.0 Å². The summed E-state index contributed by atoms with van der Waals surface area (Å²) >= 11 is 0. The summed E-state index contributed by atoms with van der Waals surface area (Å²) in [5.74, 6) is 0.768. The number of aromatic nitrogens is 1. The van der Waals surface area contributed by atoms with Crippen LogP contribution in [-0.4, -0.2) is 18.2 Å². The monoisotopic (exact) mass is 195 g/mol. The van der Waals surface area contributed by atoms with Gasteiger partial charge < -0.3 is 9.47 Å². The number of pyridine rings is 1. The molecule has 1 aliphatic heterocycles. The van der Waals surface area contributed by atoms with Crippen LogP contribution in [0, 0.1) is 0 Å². The fourth-order valence-electron chi connectivity index (χ4n) is 1.23. The molecule has 0 radical (unpaired) electrons. The Kier molecular flexibility index (Phi) is 2.35. The standard InChI is InChI=1S/C10H10FNO2/c1-2-7(11)8-5-9-10(6-12-8)14-4-3-13-9/h2,5-6H,3-4H2,1H3/b7-2-. The number of allylic oxidation sites excluding steroid dienone is 1. The van der Waals surface area contributed by atoms with Crippen LogP contribution < -0.4 is 9.47 Å². The Bertz CT molecular complexity index is 376. The van der Waals surface area contributed by atoms with Gasteiger partial charge in [0.15, 0.2) is 11.5 Å². The van der Waals surface area contributed by atoms with Crippen molar-refractivity contribution in [3.8, 4) is 11.5 Å². The molecule has 0 saturated carbocycles. The smallest absolute Gasteiger partial charge is 0.179 e. The zero-order chi connectivity index (χ0) is 9.97. The minimum atomic E-state index is -0.359. The van der Waals surface area contributed by atoms with Crippen LogP contribution in [0.2, 0.25) is 0 Å². The number of hydrogen-bond donors (Lipinski definition) is 0. The normalized spacial score (nSPS) is 15.4. The molecule has 14 heavy (non-hydrogen) atoms. The molecule has 0 amide bonds. The maximum Gasteiger partial charge on any atom is 0.179 e. The molecule has 74 valence electrons. The van der Waals surface area contributed by atoms with E-state index in [9.17, 15) is 4.39 Å². The van der Waals surface area contributed by atoms with Crippen LogP contribution in [0.4, 0.5) is 4.39 Å². The third kappa shape index (κ3) is 1.55. The first-order valence-corrected chi connectivity index (χ1v) is 4.39. The molecule has 0 N–H and O–H groups in total. The maximum atomic E-state index is 13.1. The highest BCUT2D eigenvalue weighted by atomic mass is 19.1. The number of ether oxygens (including phenoxy) is 2. The van der Waals surface area contributed by atoms with Crippen molar-refractivity contribution in [1.29, 1.82) is 0 Å². The topological polar surface area (TPSA) is 31.4 Å². The first-order chi connectivity index (χ1) is 6.81. The summed E-state index contributed by atoms with van der Waals surface area (Å²) in [7, 11) is 0. The van der Waals surface area contributed by atoms with Crippen molar-refractivity contribution < 1.29 is 13.9 Å². The largest absolute Gasteiger partial charge is 0.486 e.